The Labute approximate surface area is 267 Å². The Bertz CT molecular complexity index is 1290. The Hall–Kier alpha value is -4.10. The van der Waals surface area contributed by atoms with Crippen molar-refractivity contribution in [1.29, 1.82) is 0 Å². The molecule has 0 aromatic heterocycles. The highest BCUT2D eigenvalue weighted by Gasteiger charge is 2.36. The number of carbonyl (C=O) groups excluding carboxylic acids is 5. The smallest absolute Gasteiger partial charge is 0.331 e. The van der Waals surface area contributed by atoms with Gasteiger partial charge in [0, 0.05) is 27.3 Å². The Morgan fingerprint density at radius 2 is 1.11 bits per heavy atom. The van der Waals surface area contributed by atoms with Gasteiger partial charge in [-0.15, -0.1) is 0 Å². The zero-order chi connectivity index (χ0) is 34.3. The summed E-state index contributed by atoms with van der Waals surface area (Å²) in [6.45, 7) is 6.81. The van der Waals surface area contributed by atoms with Gasteiger partial charge in [-0.05, 0) is 55.7 Å². The summed E-state index contributed by atoms with van der Waals surface area (Å²) in [5.41, 5.74) is 0.737. The van der Waals surface area contributed by atoms with Crippen LogP contribution in [0.2, 0.25) is 0 Å². The van der Waals surface area contributed by atoms with Crippen LogP contribution in [-0.2, 0) is 47.1 Å². The average molecular weight is 666 g/mol. The SMILES string of the molecule is CCOC(=O)CC(OP(=O)(CCCN(O)C(C)=O)OC(CC(=O)OCC)c1ccc(OC(C)=O)cc1)c1ccc(OC(C)=O)cc1. The monoisotopic (exact) mass is 665 g/mol. The van der Waals surface area contributed by atoms with Crippen molar-refractivity contribution in [2.24, 2.45) is 0 Å². The molecule has 0 saturated heterocycles. The summed E-state index contributed by atoms with van der Waals surface area (Å²) in [6.07, 6.45) is -3.54. The summed E-state index contributed by atoms with van der Waals surface area (Å²) in [4.78, 5) is 59.5. The van der Waals surface area contributed by atoms with Crippen LogP contribution in [0.1, 0.15) is 77.2 Å². The summed E-state index contributed by atoms with van der Waals surface area (Å²) >= 11 is 0. The zero-order valence-corrected chi connectivity index (χ0v) is 27.4. The maximum Gasteiger partial charge on any atom is 0.331 e. The lowest BCUT2D eigenvalue weighted by Gasteiger charge is -2.29. The second-order valence-corrected chi connectivity index (χ2v) is 12.0. The number of amides is 1. The van der Waals surface area contributed by atoms with Crippen LogP contribution < -0.4 is 9.47 Å². The minimum atomic E-state index is -4.30. The van der Waals surface area contributed by atoms with E-state index in [4.69, 9.17) is 28.0 Å². The summed E-state index contributed by atoms with van der Waals surface area (Å²) < 4.78 is 47.1. The van der Waals surface area contributed by atoms with Crippen LogP contribution in [-0.4, -0.2) is 66.0 Å². The summed E-state index contributed by atoms with van der Waals surface area (Å²) in [6, 6.07) is 11.9. The van der Waals surface area contributed by atoms with E-state index in [0.29, 0.717) is 16.2 Å². The van der Waals surface area contributed by atoms with Crippen LogP contribution in [0.5, 0.6) is 11.5 Å². The molecule has 0 aliphatic heterocycles. The Kier molecular flexibility index (Phi) is 15.5. The number of esters is 4. The van der Waals surface area contributed by atoms with Gasteiger partial charge in [-0.3, -0.25) is 42.8 Å². The lowest BCUT2D eigenvalue weighted by molar-refractivity contribution is -0.162. The first-order valence-electron chi connectivity index (χ1n) is 14.6. The van der Waals surface area contributed by atoms with E-state index in [9.17, 15) is 33.7 Å². The molecule has 0 spiro atoms. The van der Waals surface area contributed by atoms with E-state index < -0.39 is 49.6 Å². The van der Waals surface area contributed by atoms with Crippen LogP contribution >= 0.6 is 7.60 Å². The number of benzene rings is 2. The van der Waals surface area contributed by atoms with Crippen LogP contribution in [0.25, 0.3) is 0 Å². The van der Waals surface area contributed by atoms with E-state index in [1.165, 1.54) is 62.4 Å². The number of hydrogen-bond acceptors (Lipinski definition) is 13. The first-order valence-corrected chi connectivity index (χ1v) is 16.3. The molecule has 252 valence electrons. The molecule has 2 atom stereocenters. The molecule has 0 fully saturated rings. The van der Waals surface area contributed by atoms with Crippen molar-refractivity contribution in [2.75, 3.05) is 25.9 Å². The van der Waals surface area contributed by atoms with Crippen molar-refractivity contribution in [1.82, 2.24) is 5.06 Å². The van der Waals surface area contributed by atoms with E-state index in [-0.39, 0.29) is 56.7 Å². The molecule has 46 heavy (non-hydrogen) atoms. The van der Waals surface area contributed by atoms with E-state index >= 15 is 0 Å². The van der Waals surface area contributed by atoms with Gasteiger partial charge in [-0.1, -0.05) is 24.3 Å². The van der Waals surface area contributed by atoms with Crippen molar-refractivity contribution < 1.29 is 61.7 Å². The number of nitrogens with zero attached hydrogens (tertiary/aromatic N) is 1. The predicted molar refractivity (Wildman–Crippen MR) is 162 cm³/mol. The number of hydroxylamine groups is 2. The summed E-state index contributed by atoms with van der Waals surface area (Å²) in [5.74, 6) is -2.59. The molecular formula is C31H40NO13P. The molecule has 0 heterocycles. The molecule has 1 N–H and O–H groups in total. The third-order valence-corrected chi connectivity index (χ3v) is 8.10. The molecule has 0 saturated carbocycles. The highest BCUT2D eigenvalue weighted by molar-refractivity contribution is 7.53. The van der Waals surface area contributed by atoms with Gasteiger partial charge in [-0.2, -0.15) is 0 Å². The van der Waals surface area contributed by atoms with Crippen LogP contribution in [0, 0.1) is 0 Å². The van der Waals surface area contributed by atoms with Crippen molar-refractivity contribution in [2.45, 2.75) is 66.1 Å². The number of hydrogen-bond donors (Lipinski definition) is 1. The Balaban J connectivity index is 2.53. The van der Waals surface area contributed by atoms with Crippen molar-refractivity contribution >= 4 is 37.4 Å². The first kappa shape index (κ1) is 38.1. The fourth-order valence-electron chi connectivity index (χ4n) is 4.10. The molecule has 0 radical (unpaired) electrons. The minimum absolute atomic E-state index is 0.0532. The summed E-state index contributed by atoms with van der Waals surface area (Å²) in [7, 11) is -4.30. The number of rotatable bonds is 18. The fraction of sp³-hybridized carbons (Fsp3) is 0.452. The molecular weight excluding hydrogens is 625 g/mol. The third-order valence-electron chi connectivity index (χ3n) is 6.08. The van der Waals surface area contributed by atoms with E-state index in [1.54, 1.807) is 13.8 Å². The van der Waals surface area contributed by atoms with Gasteiger partial charge < -0.3 is 18.9 Å². The molecule has 0 aliphatic carbocycles. The second-order valence-electron chi connectivity index (χ2n) is 9.86. The number of carbonyl (C=O) groups is 5. The quantitative estimate of drug-likeness (QED) is 0.0732. The molecule has 2 rings (SSSR count). The van der Waals surface area contributed by atoms with Crippen molar-refractivity contribution in [3.63, 3.8) is 0 Å². The molecule has 0 bridgehead atoms. The van der Waals surface area contributed by atoms with Gasteiger partial charge in [-0.25, -0.2) is 5.06 Å². The predicted octanol–water partition coefficient (Wildman–Crippen LogP) is 5.08. The Morgan fingerprint density at radius 1 is 0.717 bits per heavy atom. The molecule has 2 aromatic carbocycles. The fourth-order valence-corrected chi connectivity index (χ4v) is 6.05. The highest BCUT2D eigenvalue weighted by Crippen LogP contribution is 2.57. The molecule has 2 aromatic rings. The van der Waals surface area contributed by atoms with E-state index in [2.05, 4.69) is 0 Å². The van der Waals surface area contributed by atoms with Crippen LogP contribution in [0.15, 0.2) is 48.5 Å². The standard InChI is InChI=1S/C31H40NO13P/c1-6-40-30(36)19-28(24-9-13-26(14-10-24)42-22(4)34)44-46(39,18-8-17-32(38)21(3)33)45-29(20-31(37)41-7-2)25-11-15-27(16-12-25)43-23(5)35/h9-16,28-29,38H,6-8,17-20H2,1-5H3. The van der Waals surface area contributed by atoms with Crippen molar-refractivity contribution in [3.05, 3.63) is 59.7 Å². The summed E-state index contributed by atoms with van der Waals surface area (Å²) in [5, 5.41) is 10.3. The van der Waals surface area contributed by atoms with Gasteiger partial charge in [0.25, 0.3) is 0 Å². The molecule has 2 unspecified atom stereocenters. The molecule has 0 aliphatic rings. The van der Waals surface area contributed by atoms with E-state index in [0.717, 1.165) is 6.92 Å². The lowest BCUT2D eigenvalue weighted by atomic mass is 10.1. The largest absolute Gasteiger partial charge is 0.466 e. The number of ether oxygens (including phenoxy) is 4. The minimum Gasteiger partial charge on any atom is -0.466 e. The van der Waals surface area contributed by atoms with Crippen molar-refractivity contribution in [3.8, 4) is 11.5 Å². The van der Waals surface area contributed by atoms with Gasteiger partial charge in [0.15, 0.2) is 0 Å². The topological polar surface area (TPSA) is 181 Å². The normalized spacial score (nSPS) is 13.4. The van der Waals surface area contributed by atoms with Gasteiger partial charge in [0.1, 0.15) is 23.7 Å². The maximum absolute atomic E-state index is 14.6. The van der Waals surface area contributed by atoms with Crippen LogP contribution in [0.3, 0.4) is 0 Å². The second kappa shape index (κ2) is 18.8. The van der Waals surface area contributed by atoms with Gasteiger partial charge >= 0.3 is 31.5 Å². The zero-order valence-electron chi connectivity index (χ0n) is 26.5. The molecule has 14 nitrogen and oxygen atoms in total. The van der Waals surface area contributed by atoms with Crippen LogP contribution in [0.4, 0.5) is 0 Å². The highest BCUT2D eigenvalue weighted by atomic mass is 31.2. The van der Waals surface area contributed by atoms with E-state index in [1.807, 2.05) is 0 Å². The molecule has 15 heteroatoms. The lowest BCUT2D eigenvalue weighted by Crippen LogP contribution is -2.26. The first-order chi connectivity index (χ1) is 21.7. The maximum atomic E-state index is 14.6. The average Bonchev–Trinajstić information content (AvgIpc) is 2.97. The Morgan fingerprint density at radius 3 is 1.43 bits per heavy atom. The molecule has 1 amide bonds. The van der Waals surface area contributed by atoms with Gasteiger partial charge in [0.05, 0.1) is 32.2 Å². The third kappa shape index (κ3) is 13.5. The van der Waals surface area contributed by atoms with Gasteiger partial charge in [0.2, 0.25) is 5.91 Å².